The SMILES string of the molecule is CC12CC3(c4ccc(-c5cccc6c5ccc5ccc(-c7nc(-c8ccc(C#N)cc8)nc(-c8ccc(-c9ccccc9)cc8)n7)cc56)cc4)C[C@H]1CC[C@H]2C3. The van der Waals surface area contributed by atoms with Crippen LogP contribution in [-0.4, -0.2) is 15.0 Å². The smallest absolute Gasteiger partial charge is 0.164 e. The summed E-state index contributed by atoms with van der Waals surface area (Å²) in [5.74, 6) is 3.60. The third-order valence-corrected chi connectivity index (χ3v) is 13.8. The summed E-state index contributed by atoms with van der Waals surface area (Å²) in [6.07, 6.45) is 6.99. The largest absolute Gasteiger partial charge is 0.208 e. The van der Waals surface area contributed by atoms with Crippen LogP contribution in [0.4, 0.5) is 0 Å². The Balaban J connectivity index is 0.986. The maximum absolute atomic E-state index is 9.44. The molecule has 4 nitrogen and oxygen atoms in total. The first-order valence-electron chi connectivity index (χ1n) is 20.0. The molecule has 0 spiro atoms. The molecule has 0 amide bonds. The van der Waals surface area contributed by atoms with E-state index in [9.17, 15) is 5.26 Å². The van der Waals surface area contributed by atoms with Crippen LogP contribution < -0.4 is 0 Å². The van der Waals surface area contributed by atoms with Crippen molar-refractivity contribution in [2.24, 2.45) is 17.3 Å². The van der Waals surface area contributed by atoms with Crippen LogP contribution in [0.1, 0.15) is 50.2 Å². The van der Waals surface area contributed by atoms with Crippen LogP contribution in [0.15, 0.2) is 152 Å². The first-order chi connectivity index (χ1) is 27.5. The molecule has 4 heteroatoms. The Hall–Kier alpha value is -6.44. The first kappa shape index (κ1) is 32.9. The molecule has 11 rings (SSSR count). The van der Waals surface area contributed by atoms with Gasteiger partial charge in [0.05, 0.1) is 11.6 Å². The Morgan fingerprint density at radius 1 is 0.518 bits per heavy atom. The van der Waals surface area contributed by atoms with Gasteiger partial charge in [-0.2, -0.15) is 5.26 Å². The number of benzene rings is 7. The molecule has 1 aromatic heterocycles. The lowest BCUT2D eigenvalue weighted by atomic mass is 9.72. The number of nitrogens with zero attached hydrogens (tertiary/aromatic N) is 4. The number of fused-ring (bicyclic) bond motifs is 4. The van der Waals surface area contributed by atoms with Gasteiger partial charge >= 0.3 is 0 Å². The van der Waals surface area contributed by atoms with Crippen molar-refractivity contribution in [1.82, 2.24) is 15.0 Å². The van der Waals surface area contributed by atoms with E-state index >= 15 is 0 Å². The monoisotopic (exact) mass is 720 g/mol. The molecule has 56 heavy (non-hydrogen) atoms. The van der Waals surface area contributed by atoms with Crippen molar-refractivity contribution >= 4 is 21.5 Å². The van der Waals surface area contributed by atoms with Crippen LogP contribution >= 0.6 is 0 Å². The molecule has 0 N–H and O–H groups in total. The van der Waals surface area contributed by atoms with E-state index in [1.165, 1.54) is 59.4 Å². The summed E-state index contributed by atoms with van der Waals surface area (Å²) >= 11 is 0. The quantitative estimate of drug-likeness (QED) is 0.160. The van der Waals surface area contributed by atoms with Crippen molar-refractivity contribution in [3.05, 3.63) is 163 Å². The predicted molar refractivity (Wildman–Crippen MR) is 227 cm³/mol. The van der Waals surface area contributed by atoms with Crippen LogP contribution in [0.25, 0.3) is 78.0 Å². The molecule has 3 fully saturated rings. The zero-order valence-corrected chi connectivity index (χ0v) is 31.4. The minimum absolute atomic E-state index is 0.380. The molecule has 268 valence electrons. The van der Waals surface area contributed by atoms with Crippen molar-refractivity contribution in [1.29, 1.82) is 5.26 Å². The molecule has 2 bridgehead atoms. The molecule has 3 aliphatic carbocycles. The van der Waals surface area contributed by atoms with Gasteiger partial charge < -0.3 is 0 Å². The van der Waals surface area contributed by atoms with Gasteiger partial charge in [-0.1, -0.05) is 128 Å². The zero-order chi connectivity index (χ0) is 37.4. The zero-order valence-electron chi connectivity index (χ0n) is 31.4. The molecule has 3 aliphatic rings. The Morgan fingerprint density at radius 3 is 1.75 bits per heavy atom. The molecule has 1 heterocycles. The van der Waals surface area contributed by atoms with Gasteiger partial charge in [0.25, 0.3) is 0 Å². The Kier molecular flexibility index (Phi) is 7.38. The third kappa shape index (κ3) is 5.22. The minimum atomic E-state index is 0.380. The van der Waals surface area contributed by atoms with Gasteiger partial charge in [-0.25, -0.2) is 15.0 Å². The van der Waals surface area contributed by atoms with Crippen LogP contribution in [0.2, 0.25) is 0 Å². The lowest BCUT2D eigenvalue weighted by Crippen LogP contribution is -2.26. The average molecular weight is 721 g/mol. The van der Waals surface area contributed by atoms with Crippen molar-refractivity contribution in [2.45, 2.75) is 44.4 Å². The summed E-state index contributed by atoms with van der Waals surface area (Å²) < 4.78 is 0. The highest BCUT2D eigenvalue weighted by atomic mass is 15.0. The lowest BCUT2D eigenvalue weighted by Gasteiger charge is -2.33. The topological polar surface area (TPSA) is 62.5 Å². The number of hydrogen-bond donors (Lipinski definition) is 0. The first-order valence-corrected chi connectivity index (χ1v) is 20.0. The van der Waals surface area contributed by atoms with Crippen molar-refractivity contribution in [3.8, 4) is 62.5 Å². The third-order valence-electron chi connectivity index (χ3n) is 13.8. The molecule has 3 saturated carbocycles. The fourth-order valence-electron chi connectivity index (χ4n) is 11.0. The van der Waals surface area contributed by atoms with Crippen LogP contribution in [-0.2, 0) is 5.41 Å². The highest BCUT2D eigenvalue weighted by Crippen LogP contribution is 2.72. The fraction of sp³-hybridized carbons (Fsp3) is 0.192. The van der Waals surface area contributed by atoms with Crippen LogP contribution in [0.5, 0.6) is 0 Å². The Morgan fingerprint density at radius 2 is 1.09 bits per heavy atom. The highest BCUT2D eigenvalue weighted by molar-refractivity contribution is 6.12. The summed E-state index contributed by atoms with van der Waals surface area (Å²) in [6, 6.07) is 55.8. The molecule has 0 radical (unpaired) electrons. The molecule has 2 unspecified atom stereocenters. The summed E-state index contributed by atoms with van der Waals surface area (Å²) in [7, 11) is 0. The highest BCUT2D eigenvalue weighted by Gasteiger charge is 2.65. The van der Waals surface area contributed by atoms with E-state index in [1.54, 1.807) is 5.56 Å². The Bertz CT molecular complexity index is 2840. The number of hydrogen-bond acceptors (Lipinski definition) is 4. The molecule has 0 saturated heterocycles. The summed E-state index contributed by atoms with van der Waals surface area (Å²) in [4.78, 5) is 15.1. The number of nitriles is 1. The van der Waals surface area contributed by atoms with E-state index in [0.717, 1.165) is 45.0 Å². The lowest BCUT2D eigenvalue weighted by molar-refractivity contribution is 0.195. The van der Waals surface area contributed by atoms with Gasteiger partial charge in [0.15, 0.2) is 17.5 Å². The van der Waals surface area contributed by atoms with Gasteiger partial charge in [-0.05, 0) is 134 Å². The van der Waals surface area contributed by atoms with E-state index in [-0.39, 0.29) is 0 Å². The van der Waals surface area contributed by atoms with E-state index in [0.29, 0.717) is 33.9 Å². The molecular formula is C52H40N4. The van der Waals surface area contributed by atoms with E-state index in [1.807, 2.05) is 30.3 Å². The van der Waals surface area contributed by atoms with Crippen molar-refractivity contribution < 1.29 is 0 Å². The Labute approximate surface area is 327 Å². The van der Waals surface area contributed by atoms with Crippen LogP contribution in [0, 0.1) is 28.6 Å². The van der Waals surface area contributed by atoms with Gasteiger partial charge in [-0.3, -0.25) is 0 Å². The molecular weight excluding hydrogens is 681 g/mol. The number of rotatable bonds is 6. The summed E-state index contributed by atoms with van der Waals surface area (Å²) in [6.45, 7) is 2.59. The second-order valence-corrected chi connectivity index (χ2v) is 16.8. The van der Waals surface area contributed by atoms with E-state index in [2.05, 4.69) is 134 Å². The molecule has 7 aromatic carbocycles. The average Bonchev–Trinajstić information content (AvgIpc) is 3.77. The number of aromatic nitrogens is 3. The fourth-order valence-corrected chi connectivity index (χ4v) is 11.0. The molecule has 0 aliphatic heterocycles. The van der Waals surface area contributed by atoms with Gasteiger partial charge in [0.1, 0.15) is 0 Å². The molecule has 8 aromatic rings. The second-order valence-electron chi connectivity index (χ2n) is 16.8. The maximum Gasteiger partial charge on any atom is 0.164 e. The van der Waals surface area contributed by atoms with Crippen molar-refractivity contribution in [3.63, 3.8) is 0 Å². The second kappa shape index (κ2) is 12.5. The van der Waals surface area contributed by atoms with E-state index < -0.39 is 0 Å². The van der Waals surface area contributed by atoms with E-state index in [4.69, 9.17) is 15.0 Å². The van der Waals surface area contributed by atoms with Gasteiger partial charge in [0.2, 0.25) is 0 Å². The standard InChI is InChI=1S/C52H40N4/c1-51-32-52(29-42(51)25-26-43(51)30-52)41-23-20-36(21-24-41)44-8-5-9-45-46(44)27-22-37-16-19-40(28-47(37)45)50-55-48(38-12-10-33(31-53)11-13-38)54-49(56-50)39-17-14-35(15-18-39)34-6-3-2-4-7-34/h2-24,27-28,42-43H,25-26,29-30,32H2,1H3/t42-,43+,51?,52?. The normalized spacial score (nSPS) is 22.1. The molecule has 4 atom stereocenters. The van der Waals surface area contributed by atoms with Crippen LogP contribution in [0.3, 0.4) is 0 Å². The minimum Gasteiger partial charge on any atom is -0.208 e. The summed E-state index contributed by atoms with van der Waals surface area (Å²) in [5.41, 5.74) is 10.6. The predicted octanol–water partition coefficient (Wildman–Crippen LogP) is 12.9. The van der Waals surface area contributed by atoms with Gasteiger partial charge in [-0.15, -0.1) is 0 Å². The summed E-state index contributed by atoms with van der Waals surface area (Å²) in [5, 5.41) is 14.2. The maximum atomic E-state index is 9.44. The van der Waals surface area contributed by atoms with Crippen molar-refractivity contribution in [2.75, 3.05) is 0 Å². The van der Waals surface area contributed by atoms with Gasteiger partial charge in [0, 0.05) is 16.7 Å².